The number of hydrogen-bond acceptors (Lipinski definition) is 1. The van der Waals surface area contributed by atoms with E-state index in [2.05, 4.69) is 18.8 Å². The van der Waals surface area contributed by atoms with Gasteiger partial charge in [0, 0.05) is 12.8 Å². The average molecular weight is 126 g/mol. The molecule has 0 saturated carbocycles. The Hall–Kier alpha value is -0.330. The fourth-order valence-corrected chi connectivity index (χ4v) is 0.691. The van der Waals surface area contributed by atoms with Gasteiger partial charge in [0.05, 0.1) is 0 Å². The van der Waals surface area contributed by atoms with Gasteiger partial charge in [0.2, 0.25) is 0 Å². The van der Waals surface area contributed by atoms with Crippen LogP contribution in [-0.2, 0) is 0 Å². The average Bonchev–Trinajstić information content (AvgIpc) is 1.89. The Labute approximate surface area is 58.2 Å². The van der Waals surface area contributed by atoms with E-state index in [9.17, 15) is 0 Å². The molecule has 0 aliphatic heterocycles. The Morgan fingerprint density at radius 2 is 2.11 bits per heavy atom. The standard InChI is InChI=1S/C8H16N/c1-4-5-6-7-8(2)9-3/h2,4-7H2,1,3H3. The molecule has 0 saturated heterocycles. The zero-order chi connectivity index (χ0) is 7.11. The second-order valence-corrected chi connectivity index (χ2v) is 2.25. The van der Waals surface area contributed by atoms with Crippen molar-refractivity contribution in [3.8, 4) is 0 Å². The summed E-state index contributed by atoms with van der Waals surface area (Å²) in [5.41, 5.74) is 1.03. The molecule has 0 aromatic heterocycles. The number of aliphatic imine (C=N–C) groups is 1. The Kier molecular flexibility index (Phi) is 5.59. The topological polar surface area (TPSA) is 12.4 Å². The fraction of sp³-hybridized carbons (Fsp3) is 0.750. The van der Waals surface area contributed by atoms with Crippen molar-refractivity contribution in [2.45, 2.75) is 32.6 Å². The van der Waals surface area contributed by atoms with Gasteiger partial charge in [0.25, 0.3) is 0 Å². The minimum Gasteiger partial charge on any atom is -0.297 e. The van der Waals surface area contributed by atoms with Crippen LogP contribution in [0.5, 0.6) is 0 Å². The molecule has 1 nitrogen and oxygen atoms in total. The van der Waals surface area contributed by atoms with Gasteiger partial charge in [-0.25, -0.2) is 0 Å². The van der Waals surface area contributed by atoms with Crippen LogP contribution in [0.2, 0.25) is 0 Å². The van der Waals surface area contributed by atoms with Crippen LogP contribution in [-0.4, -0.2) is 12.8 Å². The lowest BCUT2D eigenvalue weighted by Gasteiger charge is -1.95. The monoisotopic (exact) mass is 126 g/mol. The van der Waals surface area contributed by atoms with E-state index in [1.165, 1.54) is 19.3 Å². The Balaban J connectivity index is 3.07. The first-order valence-corrected chi connectivity index (χ1v) is 3.59. The van der Waals surface area contributed by atoms with Gasteiger partial charge in [0.1, 0.15) is 0 Å². The summed E-state index contributed by atoms with van der Waals surface area (Å²) in [6.07, 6.45) is 4.89. The summed E-state index contributed by atoms with van der Waals surface area (Å²) in [6.45, 7) is 5.98. The van der Waals surface area contributed by atoms with Gasteiger partial charge in [-0.1, -0.05) is 19.8 Å². The normalized spacial score (nSPS) is 12.1. The maximum absolute atomic E-state index is 3.97. The van der Waals surface area contributed by atoms with E-state index in [0.29, 0.717) is 0 Å². The molecular formula is C8H16N. The maximum Gasteiger partial charge on any atom is 0.0276 e. The molecule has 0 atom stereocenters. The van der Waals surface area contributed by atoms with Gasteiger partial charge in [-0.3, -0.25) is 4.99 Å². The lowest BCUT2D eigenvalue weighted by Crippen LogP contribution is -1.90. The van der Waals surface area contributed by atoms with Crippen molar-refractivity contribution in [3.63, 3.8) is 0 Å². The van der Waals surface area contributed by atoms with E-state index in [1.807, 2.05) is 0 Å². The van der Waals surface area contributed by atoms with Crippen LogP contribution in [0.1, 0.15) is 32.6 Å². The summed E-state index contributed by atoms with van der Waals surface area (Å²) in [6, 6.07) is 0. The summed E-state index contributed by atoms with van der Waals surface area (Å²) < 4.78 is 0. The highest BCUT2D eigenvalue weighted by Crippen LogP contribution is 1.99. The summed E-state index contributed by atoms with van der Waals surface area (Å²) in [5.74, 6) is 0. The molecule has 0 fully saturated rings. The summed E-state index contributed by atoms with van der Waals surface area (Å²) in [5, 5.41) is 0. The highest BCUT2D eigenvalue weighted by atomic mass is 14.7. The van der Waals surface area contributed by atoms with E-state index in [0.717, 1.165) is 12.1 Å². The quantitative estimate of drug-likeness (QED) is 0.405. The van der Waals surface area contributed by atoms with Crippen molar-refractivity contribution in [2.75, 3.05) is 7.05 Å². The summed E-state index contributed by atoms with van der Waals surface area (Å²) in [7, 11) is 1.80. The molecule has 0 rings (SSSR count). The maximum atomic E-state index is 3.97. The van der Waals surface area contributed by atoms with Gasteiger partial charge in [-0.05, 0) is 19.8 Å². The minimum atomic E-state index is 1.03. The van der Waals surface area contributed by atoms with E-state index >= 15 is 0 Å². The van der Waals surface area contributed by atoms with Crippen LogP contribution in [0.25, 0.3) is 0 Å². The Bertz CT molecular complexity index is 84.6. The van der Waals surface area contributed by atoms with Gasteiger partial charge >= 0.3 is 0 Å². The van der Waals surface area contributed by atoms with Crippen molar-refractivity contribution in [2.24, 2.45) is 4.99 Å². The molecule has 0 aliphatic rings. The predicted molar refractivity (Wildman–Crippen MR) is 42.9 cm³/mol. The molecule has 0 aromatic carbocycles. The number of nitrogens with zero attached hydrogens (tertiary/aromatic N) is 1. The van der Waals surface area contributed by atoms with E-state index in [1.54, 1.807) is 7.05 Å². The van der Waals surface area contributed by atoms with Crippen LogP contribution in [0.3, 0.4) is 0 Å². The second kappa shape index (κ2) is 5.80. The molecule has 1 radical (unpaired) electrons. The molecule has 0 amide bonds. The van der Waals surface area contributed by atoms with Crippen molar-refractivity contribution < 1.29 is 0 Å². The van der Waals surface area contributed by atoms with Gasteiger partial charge in [-0.15, -0.1) is 0 Å². The first kappa shape index (κ1) is 8.67. The predicted octanol–water partition coefficient (Wildman–Crippen LogP) is 2.47. The zero-order valence-electron chi connectivity index (χ0n) is 6.48. The minimum absolute atomic E-state index is 1.03. The highest BCUT2D eigenvalue weighted by Gasteiger charge is 1.88. The van der Waals surface area contributed by atoms with E-state index in [4.69, 9.17) is 0 Å². The zero-order valence-corrected chi connectivity index (χ0v) is 6.48. The molecule has 0 aliphatic carbocycles. The van der Waals surface area contributed by atoms with Gasteiger partial charge in [-0.2, -0.15) is 0 Å². The van der Waals surface area contributed by atoms with E-state index < -0.39 is 0 Å². The molecule has 0 bridgehead atoms. The summed E-state index contributed by atoms with van der Waals surface area (Å²) >= 11 is 0. The third-order valence-electron chi connectivity index (χ3n) is 1.39. The molecule has 0 heterocycles. The molecule has 53 valence electrons. The SMILES string of the molecule is [CH2]C(CCCCC)=NC. The lowest BCUT2D eigenvalue weighted by molar-refractivity contribution is 0.742. The van der Waals surface area contributed by atoms with Crippen molar-refractivity contribution in [3.05, 3.63) is 6.92 Å². The molecule has 0 N–H and O–H groups in total. The van der Waals surface area contributed by atoms with Gasteiger partial charge < -0.3 is 0 Å². The van der Waals surface area contributed by atoms with Gasteiger partial charge in [0.15, 0.2) is 0 Å². The number of rotatable bonds is 4. The third-order valence-corrected chi connectivity index (χ3v) is 1.39. The fourth-order valence-electron chi connectivity index (χ4n) is 0.691. The molecule has 1 heteroatoms. The van der Waals surface area contributed by atoms with Crippen LogP contribution in [0.15, 0.2) is 4.99 Å². The van der Waals surface area contributed by atoms with Crippen molar-refractivity contribution in [1.29, 1.82) is 0 Å². The van der Waals surface area contributed by atoms with Crippen LogP contribution in [0, 0.1) is 6.92 Å². The lowest BCUT2D eigenvalue weighted by atomic mass is 10.1. The Morgan fingerprint density at radius 1 is 1.44 bits per heavy atom. The molecular weight excluding hydrogens is 110 g/mol. The smallest absolute Gasteiger partial charge is 0.0276 e. The first-order valence-electron chi connectivity index (χ1n) is 3.59. The first-order chi connectivity index (χ1) is 4.31. The molecule has 0 spiro atoms. The molecule has 9 heavy (non-hydrogen) atoms. The van der Waals surface area contributed by atoms with Crippen LogP contribution < -0.4 is 0 Å². The number of unbranched alkanes of at least 4 members (excludes halogenated alkanes) is 2. The Morgan fingerprint density at radius 3 is 2.56 bits per heavy atom. The van der Waals surface area contributed by atoms with E-state index in [-0.39, 0.29) is 0 Å². The van der Waals surface area contributed by atoms with Crippen molar-refractivity contribution in [1.82, 2.24) is 0 Å². The van der Waals surface area contributed by atoms with Crippen LogP contribution in [0.4, 0.5) is 0 Å². The van der Waals surface area contributed by atoms with Crippen LogP contribution >= 0.6 is 0 Å². The highest BCUT2D eigenvalue weighted by molar-refractivity contribution is 5.88. The molecule has 0 aromatic rings. The molecule has 0 unspecified atom stereocenters. The second-order valence-electron chi connectivity index (χ2n) is 2.25. The van der Waals surface area contributed by atoms with Crippen molar-refractivity contribution >= 4 is 5.71 Å². The largest absolute Gasteiger partial charge is 0.297 e. The number of hydrogen-bond donors (Lipinski definition) is 0. The summed E-state index contributed by atoms with van der Waals surface area (Å²) in [4.78, 5) is 3.97. The third kappa shape index (κ3) is 5.54.